The van der Waals surface area contributed by atoms with Gasteiger partial charge in [-0.3, -0.25) is 5.21 Å². The Balaban J connectivity index is 2.35. The summed E-state index contributed by atoms with van der Waals surface area (Å²) in [6.45, 7) is 0. The van der Waals surface area contributed by atoms with Gasteiger partial charge in [-0.25, -0.2) is 0 Å². The van der Waals surface area contributed by atoms with Crippen molar-refractivity contribution in [1.82, 2.24) is 10.7 Å². The fourth-order valence-electron chi connectivity index (χ4n) is 1.15. The average Bonchev–Trinajstić information content (AvgIpc) is 2.20. The van der Waals surface area contributed by atoms with Crippen molar-refractivity contribution in [1.29, 1.82) is 0 Å². The Bertz CT molecular complexity index is 345. The van der Waals surface area contributed by atoms with E-state index in [4.69, 9.17) is 0 Å². The van der Waals surface area contributed by atoms with E-state index in [9.17, 15) is 5.21 Å². The lowest BCUT2D eigenvalue weighted by atomic mass is 10.1. The topological polar surface area (TPSA) is 47.9 Å². The van der Waals surface area contributed by atoms with Crippen LogP contribution >= 0.6 is 0 Å². The minimum Gasteiger partial charge on any atom is -0.268 e. The fraction of sp³-hybridized carbons (Fsp3) is 0. The van der Waals surface area contributed by atoms with Crippen LogP contribution in [0.25, 0.3) is 5.70 Å². The van der Waals surface area contributed by atoms with Gasteiger partial charge in [0.2, 0.25) is 0 Å². The largest absolute Gasteiger partial charge is 0.268 e. The first-order chi connectivity index (χ1) is 6.38. The van der Waals surface area contributed by atoms with E-state index in [1.807, 2.05) is 30.3 Å². The third-order valence-corrected chi connectivity index (χ3v) is 1.76. The molecule has 0 radical (unpaired) electrons. The normalized spacial score (nSPS) is 15.2. The number of benzene rings is 1. The molecule has 1 aromatic carbocycles. The molecule has 0 aliphatic carbocycles. The van der Waals surface area contributed by atoms with Gasteiger partial charge >= 0.3 is 0 Å². The number of nitrogens with zero attached hydrogens (tertiary/aromatic N) is 2. The van der Waals surface area contributed by atoms with Gasteiger partial charge in [-0.1, -0.05) is 30.3 Å². The first-order valence-electron chi connectivity index (χ1n) is 3.91. The van der Waals surface area contributed by atoms with Gasteiger partial charge in [-0.2, -0.15) is 10.6 Å². The second-order valence-corrected chi connectivity index (χ2v) is 2.61. The predicted octanol–water partition coefficient (Wildman–Crippen LogP) is 1.22. The maximum Gasteiger partial charge on any atom is 0.0980 e. The molecule has 2 N–H and O–H groups in total. The van der Waals surface area contributed by atoms with Crippen LogP contribution in [0, 0.1) is 0 Å². The van der Waals surface area contributed by atoms with Gasteiger partial charge in [0, 0.05) is 5.56 Å². The zero-order chi connectivity index (χ0) is 9.10. The molecule has 1 aliphatic rings. The van der Waals surface area contributed by atoms with Crippen LogP contribution in [0.2, 0.25) is 0 Å². The summed E-state index contributed by atoms with van der Waals surface area (Å²) in [6.07, 6.45) is 3.32. The zero-order valence-electron chi connectivity index (χ0n) is 6.88. The molecule has 0 bridgehead atoms. The summed E-state index contributed by atoms with van der Waals surface area (Å²) in [6, 6.07) is 9.58. The summed E-state index contributed by atoms with van der Waals surface area (Å²) in [4.78, 5) is 0. The summed E-state index contributed by atoms with van der Waals surface area (Å²) in [5.74, 6) is 0. The van der Waals surface area contributed by atoms with Gasteiger partial charge in [0.25, 0.3) is 0 Å². The highest BCUT2D eigenvalue weighted by molar-refractivity contribution is 5.84. The van der Waals surface area contributed by atoms with Crippen LogP contribution in [-0.2, 0) is 0 Å². The van der Waals surface area contributed by atoms with Crippen molar-refractivity contribution < 1.29 is 5.21 Å². The van der Waals surface area contributed by atoms with Gasteiger partial charge in [0.05, 0.1) is 11.9 Å². The standard InChI is InChI=1S/C9H9N3O/c13-12-9(6-7-10-11-12)8-4-2-1-3-5-8/h1-7,11,13H. The van der Waals surface area contributed by atoms with E-state index < -0.39 is 0 Å². The van der Waals surface area contributed by atoms with E-state index in [2.05, 4.69) is 10.6 Å². The Morgan fingerprint density at radius 3 is 2.69 bits per heavy atom. The van der Waals surface area contributed by atoms with Crippen molar-refractivity contribution in [2.75, 3.05) is 0 Å². The third-order valence-electron chi connectivity index (χ3n) is 1.76. The molecule has 0 aromatic heterocycles. The van der Waals surface area contributed by atoms with Crippen molar-refractivity contribution >= 4 is 11.9 Å². The summed E-state index contributed by atoms with van der Waals surface area (Å²) in [5, 5.41) is 13.9. The average molecular weight is 175 g/mol. The van der Waals surface area contributed by atoms with E-state index >= 15 is 0 Å². The molecular weight excluding hydrogens is 166 g/mol. The molecule has 1 aromatic rings. The predicted molar refractivity (Wildman–Crippen MR) is 49.7 cm³/mol. The monoisotopic (exact) mass is 175 g/mol. The van der Waals surface area contributed by atoms with Crippen LogP contribution in [0.1, 0.15) is 5.56 Å². The number of hydrogen-bond donors (Lipinski definition) is 2. The van der Waals surface area contributed by atoms with E-state index in [0.29, 0.717) is 5.70 Å². The minimum absolute atomic E-state index is 0.676. The van der Waals surface area contributed by atoms with Gasteiger partial charge in [0.1, 0.15) is 0 Å². The van der Waals surface area contributed by atoms with Crippen molar-refractivity contribution in [3.05, 3.63) is 42.0 Å². The molecule has 0 fully saturated rings. The van der Waals surface area contributed by atoms with Crippen molar-refractivity contribution in [3.8, 4) is 0 Å². The number of hydroxylamine groups is 1. The second-order valence-electron chi connectivity index (χ2n) is 2.61. The van der Waals surface area contributed by atoms with Crippen LogP contribution < -0.4 is 5.53 Å². The first kappa shape index (κ1) is 7.82. The summed E-state index contributed by atoms with van der Waals surface area (Å²) >= 11 is 0. The van der Waals surface area contributed by atoms with Crippen LogP contribution in [-0.4, -0.2) is 16.6 Å². The highest BCUT2D eigenvalue weighted by atomic mass is 16.5. The lowest BCUT2D eigenvalue weighted by Crippen LogP contribution is -2.31. The minimum atomic E-state index is 0.676. The van der Waals surface area contributed by atoms with E-state index in [1.165, 1.54) is 0 Å². The van der Waals surface area contributed by atoms with Gasteiger partial charge in [-0.05, 0) is 6.08 Å². The van der Waals surface area contributed by atoms with Crippen LogP contribution in [0.3, 0.4) is 0 Å². The second kappa shape index (κ2) is 3.28. The van der Waals surface area contributed by atoms with Gasteiger partial charge in [0.15, 0.2) is 0 Å². The summed E-state index contributed by atoms with van der Waals surface area (Å²) in [7, 11) is 0. The molecule has 13 heavy (non-hydrogen) atoms. The Labute approximate surface area is 75.7 Å². The molecule has 1 heterocycles. The zero-order valence-corrected chi connectivity index (χ0v) is 6.88. The first-order valence-corrected chi connectivity index (χ1v) is 3.91. The number of hydrazine groups is 1. The Morgan fingerprint density at radius 1 is 1.23 bits per heavy atom. The lowest BCUT2D eigenvalue weighted by Gasteiger charge is -2.20. The number of nitrogens with one attached hydrogen (secondary N) is 1. The highest BCUT2D eigenvalue weighted by Crippen LogP contribution is 2.16. The van der Waals surface area contributed by atoms with Crippen molar-refractivity contribution in [3.63, 3.8) is 0 Å². The van der Waals surface area contributed by atoms with Crippen molar-refractivity contribution in [2.45, 2.75) is 0 Å². The van der Waals surface area contributed by atoms with Crippen LogP contribution in [0.5, 0.6) is 0 Å². The quantitative estimate of drug-likeness (QED) is 0.674. The Hall–Kier alpha value is -1.81. The molecule has 4 nitrogen and oxygen atoms in total. The Kier molecular flexibility index (Phi) is 1.97. The molecule has 0 unspecified atom stereocenters. The number of hydrazone groups is 1. The van der Waals surface area contributed by atoms with E-state index in [-0.39, 0.29) is 0 Å². The molecule has 2 rings (SSSR count). The molecule has 0 saturated carbocycles. The SMILES string of the molecule is ON1NN=CC=C1c1ccccc1. The molecule has 0 amide bonds. The summed E-state index contributed by atoms with van der Waals surface area (Å²) < 4.78 is 0. The third kappa shape index (κ3) is 1.52. The number of allylic oxidation sites excluding steroid dienone is 1. The molecule has 66 valence electrons. The molecule has 0 atom stereocenters. The molecular formula is C9H9N3O. The van der Waals surface area contributed by atoms with Crippen LogP contribution in [0.4, 0.5) is 0 Å². The molecule has 0 saturated heterocycles. The Morgan fingerprint density at radius 2 is 2.00 bits per heavy atom. The summed E-state index contributed by atoms with van der Waals surface area (Å²) in [5.41, 5.74) is 4.03. The maximum absolute atomic E-state index is 9.36. The number of hydrogen-bond acceptors (Lipinski definition) is 4. The number of rotatable bonds is 1. The van der Waals surface area contributed by atoms with Crippen molar-refractivity contribution in [2.24, 2.45) is 5.10 Å². The molecule has 0 spiro atoms. The smallest absolute Gasteiger partial charge is 0.0980 e. The maximum atomic E-state index is 9.36. The van der Waals surface area contributed by atoms with Gasteiger partial charge < -0.3 is 0 Å². The highest BCUT2D eigenvalue weighted by Gasteiger charge is 2.09. The van der Waals surface area contributed by atoms with Crippen LogP contribution in [0.15, 0.2) is 41.5 Å². The van der Waals surface area contributed by atoms with E-state index in [1.54, 1.807) is 12.3 Å². The van der Waals surface area contributed by atoms with Gasteiger partial charge in [-0.15, -0.1) is 5.17 Å². The molecule has 4 heteroatoms. The molecule has 1 aliphatic heterocycles. The fourth-order valence-corrected chi connectivity index (χ4v) is 1.15. The lowest BCUT2D eigenvalue weighted by molar-refractivity contribution is -0.0756. The van der Waals surface area contributed by atoms with E-state index in [0.717, 1.165) is 10.7 Å².